The Morgan fingerprint density at radius 1 is 1.18 bits per heavy atom. The number of ether oxygens (including phenoxy) is 1. The number of hydrogen-bond acceptors (Lipinski definition) is 3. The minimum Gasteiger partial charge on any atom is -0.464 e. The maximum atomic E-state index is 14.5. The molecular weight excluding hydrogens is 281 g/mol. The van der Waals surface area contributed by atoms with E-state index < -0.39 is 12.1 Å². The van der Waals surface area contributed by atoms with Crippen LogP contribution in [-0.2, 0) is 9.53 Å². The second-order valence-corrected chi connectivity index (χ2v) is 5.18. The number of carbonyl (C=O) groups is 1. The van der Waals surface area contributed by atoms with Gasteiger partial charge in [-0.3, -0.25) is 0 Å². The molecule has 112 valence electrons. The molecule has 0 bridgehead atoms. The third-order valence-electron chi connectivity index (χ3n) is 3.62. The average molecular weight is 297 g/mol. The van der Waals surface area contributed by atoms with Crippen LogP contribution in [0.2, 0.25) is 0 Å². The number of carbonyl (C=O) groups excluding carboxylic acids is 1. The fraction of sp³-hybridized carbons (Fsp3) is 0.222. The fourth-order valence-electron chi connectivity index (χ4n) is 2.61. The number of fused-ring (bicyclic) bond motifs is 3. The Morgan fingerprint density at radius 3 is 2.64 bits per heavy atom. The molecule has 3 rings (SSSR count). The molecule has 0 saturated heterocycles. The van der Waals surface area contributed by atoms with Gasteiger partial charge in [-0.15, -0.1) is 0 Å². The predicted octanol–water partition coefficient (Wildman–Crippen LogP) is 4.27. The molecule has 1 aromatic heterocycles. The molecule has 0 spiro atoms. The molecule has 0 saturated carbocycles. The minimum atomic E-state index is -1.88. The van der Waals surface area contributed by atoms with Gasteiger partial charge in [-0.2, -0.15) is 0 Å². The van der Waals surface area contributed by atoms with Gasteiger partial charge in [0.15, 0.2) is 0 Å². The van der Waals surface area contributed by atoms with Crippen LogP contribution in [0.15, 0.2) is 42.5 Å². The van der Waals surface area contributed by atoms with Crippen LogP contribution in [0.3, 0.4) is 0 Å². The van der Waals surface area contributed by atoms with E-state index in [1.54, 1.807) is 13.0 Å². The molecule has 0 aliphatic carbocycles. The van der Waals surface area contributed by atoms with Gasteiger partial charge in [-0.1, -0.05) is 35.9 Å². The second-order valence-electron chi connectivity index (χ2n) is 5.18. The van der Waals surface area contributed by atoms with E-state index in [0.29, 0.717) is 10.9 Å². The summed E-state index contributed by atoms with van der Waals surface area (Å²) in [5.74, 6) is -0.897. The summed E-state index contributed by atoms with van der Waals surface area (Å²) < 4.78 is 19.3. The number of aryl methyl sites for hydroxylation is 1. The summed E-state index contributed by atoms with van der Waals surface area (Å²) in [4.78, 5) is 16.1. The Hall–Kier alpha value is -2.49. The first-order chi connectivity index (χ1) is 10.6. The fourth-order valence-corrected chi connectivity index (χ4v) is 2.61. The summed E-state index contributed by atoms with van der Waals surface area (Å²) >= 11 is 0. The standard InChI is InChI=1S/C18H16FNO2/c1-3-22-18(21)16(19)17-13-7-5-4-6-12(13)14-10-11(2)8-9-15(14)20-17/h4-10,16H,3H2,1-2H3. The smallest absolute Gasteiger partial charge is 0.347 e. The van der Waals surface area contributed by atoms with E-state index in [9.17, 15) is 9.18 Å². The zero-order valence-electron chi connectivity index (χ0n) is 12.5. The SMILES string of the molecule is CCOC(=O)C(F)c1nc2ccc(C)cc2c2ccccc12. The van der Waals surface area contributed by atoms with Crippen molar-refractivity contribution < 1.29 is 13.9 Å². The van der Waals surface area contributed by atoms with Gasteiger partial charge in [0.05, 0.1) is 17.8 Å². The largest absolute Gasteiger partial charge is 0.464 e. The van der Waals surface area contributed by atoms with Crippen LogP contribution in [0.4, 0.5) is 4.39 Å². The number of pyridine rings is 1. The lowest BCUT2D eigenvalue weighted by Gasteiger charge is -2.12. The number of aromatic nitrogens is 1. The number of benzene rings is 2. The van der Waals surface area contributed by atoms with Crippen molar-refractivity contribution in [2.75, 3.05) is 6.61 Å². The molecule has 4 heteroatoms. The van der Waals surface area contributed by atoms with Crippen molar-refractivity contribution in [2.45, 2.75) is 20.0 Å². The highest BCUT2D eigenvalue weighted by molar-refractivity contribution is 6.07. The molecule has 1 heterocycles. The van der Waals surface area contributed by atoms with Crippen molar-refractivity contribution in [3.05, 3.63) is 53.7 Å². The Bertz CT molecular complexity index is 860. The molecule has 0 aliphatic rings. The van der Waals surface area contributed by atoms with E-state index in [1.807, 2.05) is 43.3 Å². The van der Waals surface area contributed by atoms with Gasteiger partial charge in [0.25, 0.3) is 0 Å². The van der Waals surface area contributed by atoms with Crippen LogP contribution in [0.1, 0.15) is 24.4 Å². The van der Waals surface area contributed by atoms with Gasteiger partial charge in [-0.25, -0.2) is 14.2 Å². The lowest BCUT2D eigenvalue weighted by Crippen LogP contribution is -2.13. The Morgan fingerprint density at radius 2 is 1.91 bits per heavy atom. The maximum absolute atomic E-state index is 14.5. The van der Waals surface area contributed by atoms with Crippen LogP contribution in [0, 0.1) is 6.92 Å². The number of alkyl halides is 1. The van der Waals surface area contributed by atoms with E-state index in [1.165, 1.54) is 0 Å². The van der Waals surface area contributed by atoms with Crippen molar-refractivity contribution in [1.82, 2.24) is 4.98 Å². The molecule has 0 radical (unpaired) electrons. The van der Waals surface area contributed by atoms with Gasteiger partial charge in [0.1, 0.15) is 0 Å². The molecule has 2 aromatic carbocycles. The van der Waals surface area contributed by atoms with Crippen LogP contribution in [0.5, 0.6) is 0 Å². The van der Waals surface area contributed by atoms with E-state index in [4.69, 9.17) is 4.74 Å². The van der Waals surface area contributed by atoms with Crippen molar-refractivity contribution in [3.63, 3.8) is 0 Å². The molecule has 1 atom stereocenters. The lowest BCUT2D eigenvalue weighted by atomic mass is 10.0. The van der Waals surface area contributed by atoms with Crippen LogP contribution in [-0.4, -0.2) is 17.6 Å². The lowest BCUT2D eigenvalue weighted by molar-refractivity contribution is -0.149. The minimum absolute atomic E-state index is 0.116. The predicted molar refractivity (Wildman–Crippen MR) is 84.5 cm³/mol. The van der Waals surface area contributed by atoms with Crippen molar-refractivity contribution in [2.24, 2.45) is 0 Å². The van der Waals surface area contributed by atoms with Gasteiger partial charge >= 0.3 is 5.97 Å². The molecule has 22 heavy (non-hydrogen) atoms. The highest BCUT2D eigenvalue weighted by Crippen LogP contribution is 2.31. The summed E-state index contributed by atoms with van der Waals surface area (Å²) in [6.07, 6.45) is -1.88. The van der Waals surface area contributed by atoms with E-state index >= 15 is 0 Å². The Kier molecular flexibility index (Phi) is 3.75. The van der Waals surface area contributed by atoms with Crippen molar-refractivity contribution in [1.29, 1.82) is 0 Å². The molecule has 0 aliphatic heterocycles. The summed E-state index contributed by atoms with van der Waals surface area (Å²) in [5.41, 5.74) is 1.89. The molecule has 0 amide bonds. The second kappa shape index (κ2) is 5.72. The van der Waals surface area contributed by atoms with Crippen molar-refractivity contribution in [3.8, 4) is 0 Å². The summed E-state index contributed by atoms with van der Waals surface area (Å²) in [7, 11) is 0. The Balaban J connectivity index is 2.29. The van der Waals surface area contributed by atoms with E-state index in [-0.39, 0.29) is 12.3 Å². The average Bonchev–Trinajstić information content (AvgIpc) is 2.54. The summed E-state index contributed by atoms with van der Waals surface area (Å²) in [6, 6.07) is 13.2. The number of rotatable bonds is 3. The molecule has 3 aromatic rings. The van der Waals surface area contributed by atoms with Crippen LogP contribution in [0.25, 0.3) is 21.7 Å². The topological polar surface area (TPSA) is 39.2 Å². The first-order valence-electron chi connectivity index (χ1n) is 7.21. The highest BCUT2D eigenvalue weighted by Gasteiger charge is 2.25. The zero-order chi connectivity index (χ0) is 15.7. The Labute approximate surface area is 127 Å². The normalized spacial score (nSPS) is 12.5. The van der Waals surface area contributed by atoms with Gasteiger partial charge in [0, 0.05) is 10.8 Å². The van der Waals surface area contributed by atoms with Gasteiger partial charge in [0.2, 0.25) is 6.17 Å². The quantitative estimate of drug-likeness (QED) is 0.535. The molecule has 0 N–H and O–H groups in total. The number of hydrogen-bond donors (Lipinski definition) is 0. The van der Waals surface area contributed by atoms with Gasteiger partial charge in [-0.05, 0) is 31.4 Å². The number of nitrogens with zero attached hydrogens (tertiary/aromatic N) is 1. The van der Waals surface area contributed by atoms with Crippen LogP contribution < -0.4 is 0 Å². The number of halogens is 1. The molecule has 1 unspecified atom stereocenters. The molecule has 3 nitrogen and oxygen atoms in total. The highest BCUT2D eigenvalue weighted by atomic mass is 19.1. The zero-order valence-corrected chi connectivity index (χ0v) is 12.5. The van der Waals surface area contributed by atoms with Crippen LogP contribution >= 0.6 is 0 Å². The van der Waals surface area contributed by atoms with E-state index in [0.717, 1.165) is 16.3 Å². The monoisotopic (exact) mass is 297 g/mol. The molecule has 0 fully saturated rings. The first kappa shape index (κ1) is 14.4. The maximum Gasteiger partial charge on any atom is 0.347 e. The first-order valence-corrected chi connectivity index (χ1v) is 7.21. The molecular formula is C18H16FNO2. The third-order valence-corrected chi connectivity index (χ3v) is 3.62. The summed E-state index contributed by atoms with van der Waals surface area (Å²) in [5, 5.41) is 2.48. The third kappa shape index (κ3) is 2.41. The van der Waals surface area contributed by atoms with Crippen molar-refractivity contribution >= 4 is 27.6 Å². The number of esters is 1. The van der Waals surface area contributed by atoms with E-state index in [2.05, 4.69) is 4.98 Å². The summed E-state index contributed by atoms with van der Waals surface area (Å²) in [6.45, 7) is 3.79. The van der Waals surface area contributed by atoms with Gasteiger partial charge < -0.3 is 4.74 Å².